The second-order valence-electron chi connectivity index (χ2n) is 10.1. The molecule has 0 bridgehead atoms. The Morgan fingerprint density at radius 1 is 1.00 bits per heavy atom. The molecule has 3 aromatic carbocycles. The monoisotopic (exact) mass is 516 g/mol. The highest BCUT2D eigenvalue weighted by Gasteiger charge is 2.21. The van der Waals surface area contributed by atoms with Gasteiger partial charge in [0.15, 0.2) is 0 Å². The Balaban J connectivity index is 1.11. The third kappa shape index (κ3) is 6.39. The van der Waals surface area contributed by atoms with E-state index < -0.39 is 0 Å². The van der Waals surface area contributed by atoms with Crippen LogP contribution in [0, 0.1) is 18.3 Å². The summed E-state index contributed by atoms with van der Waals surface area (Å²) >= 11 is 0. The lowest BCUT2D eigenvalue weighted by atomic mass is 10.0. The minimum Gasteiger partial charge on any atom is -0.384 e. The van der Waals surface area contributed by atoms with Crippen molar-refractivity contribution >= 4 is 11.4 Å². The number of hydrogen-bond acceptors (Lipinski definition) is 5. The van der Waals surface area contributed by atoms with E-state index in [1.807, 2.05) is 30.3 Å². The van der Waals surface area contributed by atoms with Crippen molar-refractivity contribution in [3.05, 3.63) is 114 Å². The normalized spacial score (nSPS) is 12.6. The van der Waals surface area contributed by atoms with Crippen molar-refractivity contribution in [1.29, 1.82) is 5.26 Å². The first-order valence-electron chi connectivity index (χ1n) is 13.7. The van der Waals surface area contributed by atoms with Crippen molar-refractivity contribution in [2.45, 2.75) is 39.4 Å². The molecule has 4 aromatic rings. The second kappa shape index (κ2) is 12.5. The number of hydrogen-bond donors (Lipinski definition) is 2. The summed E-state index contributed by atoms with van der Waals surface area (Å²) in [5, 5.41) is 16.2. The van der Waals surface area contributed by atoms with Gasteiger partial charge in [0.2, 0.25) is 0 Å². The first-order valence-corrected chi connectivity index (χ1v) is 13.7. The van der Waals surface area contributed by atoms with Crippen molar-refractivity contribution in [1.82, 2.24) is 19.8 Å². The molecule has 1 aromatic heterocycles. The van der Waals surface area contributed by atoms with Gasteiger partial charge in [0.05, 0.1) is 23.5 Å². The number of nitriles is 1. The second-order valence-corrected chi connectivity index (χ2v) is 10.1. The molecule has 0 spiro atoms. The van der Waals surface area contributed by atoms with Gasteiger partial charge >= 0.3 is 0 Å². The first kappa shape index (κ1) is 26.3. The molecule has 0 unspecified atom stereocenters. The van der Waals surface area contributed by atoms with Gasteiger partial charge in [-0.25, -0.2) is 4.98 Å². The minimum atomic E-state index is 0.694. The van der Waals surface area contributed by atoms with Gasteiger partial charge in [-0.05, 0) is 55.6 Å². The zero-order chi connectivity index (χ0) is 27.0. The van der Waals surface area contributed by atoms with E-state index in [1.54, 1.807) is 0 Å². The van der Waals surface area contributed by atoms with E-state index in [0.29, 0.717) is 5.56 Å². The third-order valence-corrected chi connectivity index (χ3v) is 7.34. The lowest BCUT2D eigenvalue weighted by Gasteiger charge is -2.32. The summed E-state index contributed by atoms with van der Waals surface area (Å²) in [6, 6.07) is 26.9. The minimum absolute atomic E-state index is 0.694. The van der Waals surface area contributed by atoms with Crippen LogP contribution in [0.2, 0.25) is 0 Å². The summed E-state index contributed by atoms with van der Waals surface area (Å²) in [5.41, 5.74) is 8.57. The van der Waals surface area contributed by atoms with Gasteiger partial charge in [-0.1, -0.05) is 61.2 Å². The van der Waals surface area contributed by atoms with Crippen LogP contribution in [-0.4, -0.2) is 34.1 Å². The highest BCUT2D eigenvalue weighted by atomic mass is 15.2. The van der Waals surface area contributed by atoms with Gasteiger partial charge in [-0.3, -0.25) is 0 Å². The Morgan fingerprint density at radius 2 is 1.79 bits per heavy atom. The van der Waals surface area contributed by atoms with Crippen LogP contribution in [0.3, 0.4) is 0 Å². The largest absolute Gasteiger partial charge is 0.384 e. The first-order chi connectivity index (χ1) is 19.1. The number of unbranched alkanes of at least 4 members (excludes halogenated alkanes) is 1. The van der Waals surface area contributed by atoms with E-state index in [0.717, 1.165) is 80.6 Å². The Morgan fingerprint density at radius 3 is 2.64 bits per heavy atom. The fourth-order valence-electron chi connectivity index (χ4n) is 5.06. The predicted molar refractivity (Wildman–Crippen MR) is 159 cm³/mol. The molecule has 5 rings (SSSR count). The Labute approximate surface area is 231 Å². The molecule has 1 aliphatic heterocycles. The number of anilines is 1. The number of benzene rings is 3. The summed E-state index contributed by atoms with van der Waals surface area (Å²) in [5.74, 6) is 1.09. The van der Waals surface area contributed by atoms with Crippen molar-refractivity contribution in [3.8, 4) is 17.3 Å². The van der Waals surface area contributed by atoms with Gasteiger partial charge in [0.1, 0.15) is 11.9 Å². The maximum absolute atomic E-state index is 9.21. The lowest BCUT2D eigenvalue weighted by Crippen LogP contribution is -2.32. The molecular formula is C33H36N6. The number of fused-ring (bicyclic) bond motifs is 1. The Hall–Kier alpha value is -4.34. The lowest BCUT2D eigenvalue weighted by molar-refractivity contribution is 0.314. The summed E-state index contributed by atoms with van der Waals surface area (Å²) < 4.78 is 2.27. The summed E-state index contributed by atoms with van der Waals surface area (Å²) in [6.07, 6.45) is 4.28. The zero-order valence-electron chi connectivity index (χ0n) is 22.7. The average molecular weight is 517 g/mol. The molecular weight excluding hydrogens is 480 g/mol. The molecule has 0 fully saturated rings. The quantitative estimate of drug-likeness (QED) is 0.232. The van der Waals surface area contributed by atoms with E-state index >= 15 is 0 Å². The topological polar surface area (TPSA) is 68.9 Å². The van der Waals surface area contributed by atoms with Crippen molar-refractivity contribution in [2.24, 2.45) is 0 Å². The smallest absolute Gasteiger partial charge is 0.129 e. The number of para-hydroxylation sites is 1. The fraction of sp³-hybridized carbons (Fsp3) is 0.273. The Kier molecular flexibility index (Phi) is 8.40. The van der Waals surface area contributed by atoms with Crippen LogP contribution < -0.4 is 10.6 Å². The van der Waals surface area contributed by atoms with Crippen molar-refractivity contribution in [2.75, 3.05) is 25.0 Å². The molecule has 39 heavy (non-hydrogen) atoms. The molecule has 0 saturated carbocycles. The summed E-state index contributed by atoms with van der Waals surface area (Å²) in [4.78, 5) is 7.29. The number of rotatable bonds is 11. The van der Waals surface area contributed by atoms with E-state index in [1.165, 1.54) is 16.7 Å². The van der Waals surface area contributed by atoms with Crippen LogP contribution in [0.1, 0.15) is 40.9 Å². The zero-order valence-corrected chi connectivity index (χ0v) is 22.7. The SMILES string of the molecule is C=C(c1cc(CNCCCCNc2ccccc2C#N)ccc1C)N1CCn2cc(-c3ccccc3)nc2C1. The third-order valence-electron chi connectivity index (χ3n) is 7.34. The van der Waals surface area contributed by atoms with Crippen LogP contribution in [0.15, 0.2) is 85.6 Å². The van der Waals surface area contributed by atoms with Gasteiger partial charge in [-0.15, -0.1) is 0 Å². The van der Waals surface area contributed by atoms with Crippen LogP contribution in [-0.2, 0) is 19.6 Å². The maximum Gasteiger partial charge on any atom is 0.129 e. The van der Waals surface area contributed by atoms with Crippen LogP contribution in [0.5, 0.6) is 0 Å². The van der Waals surface area contributed by atoms with Gasteiger partial charge < -0.3 is 20.1 Å². The van der Waals surface area contributed by atoms with E-state index in [-0.39, 0.29) is 0 Å². The van der Waals surface area contributed by atoms with Crippen molar-refractivity contribution < 1.29 is 0 Å². The predicted octanol–water partition coefficient (Wildman–Crippen LogP) is 6.20. The number of aryl methyl sites for hydroxylation is 1. The number of imidazole rings is 1. The molecule has 0 radical (unpaired) electrons. The summed E-state index contributed by atoms with van der Waals surface area (Å²) in [7, 11) is 0. The Bertz CT molecular complexity index is 1460. The number of aromatic nitrogens is 2. The molecule has 198 valence electrons. The number of nitrogens with zero attached hydrogens (tertiary/aromatic N) is 4. The fourth-order valence-corrected chi connectivity index (χ4v) is 5.06. The molecule has 6 nitrogen and oxygen atoms in total. The van der Waals surface area contributed by atoms with Crippen molar-refractivity contribution in [3.63, 3.8) is 0 Å². The maximum atomic E-state index is 9.21. The average Bonchev–Trinajstić information content (AvgIpc) is 3.41. The van der Waals surface area contributed by atoms with E-state index in [4.69, 9.17) is 4.98 Å². The standard InChI is InChI=1S/C33H36N6/c1-25-14-15-27(22-35-16-8-9-17-36-31-13-7-6-12-29(31)21-34)20-30(25)26(2)38-18-19-39-23-32(37-33(39)24-38)28-10-4-3-5-11-28/h3-7,10-15,20,23,35-36H,2,8-9,16-19,22,24H2,1H3. The molecule has 0 aliphatic carbocycles. The highest BCUT2D eigenvalue weighted by molar-refractivity contribution is 5.66. The number of nitrogens with one attached hydrogen (secondary N) is 2. The molecule has 2 N–H and O–H groups in total. The summed E-state index contributed by atoms with van der Waals surface area (Å²) in [6.45, 7) is 11.9. The molecule has 0 atom stereocenters. The van der Waals surface area contributed by atoms with Gasteiger partial charge in [-0.2, -0.15) is 5.26 Å². The molecule has 0 saturated heterocycles. The van der Waals surface area contributed by atoms with Gasteiger partial charge in [0, 0.05) is 49.2 Å². The van der Waals surface area contributed by atoms with E-state index in [2.05, 4.69) is 88.3 Å². The molecule has 2 heterocycles. The van der Waals surface area contributed by atoms with E-state index in [9.17, 15) is 5.26 Å². The van der Waals surface area contributed by atoms with Gasteiger partial charge in [0.25, 0.3) is 0 Å². The van der Waals surface area contributed by atoms with Crippen LogP contribution >= 0.6 is 0 Å². The van der Waals surface area contributed by atoms with Crippen LogP contribution in [0.25, 0.3) is 17.0 Å². The van der Waals surface area contributed by atoms with Crippen LogP contribution in [0.4, 0.5) is 5.69 Å². The molecule has 1 aliphatic rings. The molecule has 6 heteroatoms. The highest BCUT2D eigenvalue weighted by Crippen LogP contribution is 2.28. The molecule has 0 amide bonds.